The highest BCUT2D eigenvalue weighted by molar-refractivity contribution is 9.11. The van der Waals surface area contributed by atoms with Gasteiger partial charge in [0.2, 0.25) is 0 Å². The molecular weight excluding hydrogens is 154 g/mol. The highest BCUT2D eigenvalue weighted by Crippen LogP contribution is 1.92. The van der Waals surface area contributed by atoms with Gasteiger partial charge in [-0.25, -0.2) is 0 Å². The second-order valence-corrected chi connectivity index (χ2v) is 1.94. The molecule has 0 aromatic heterocycles. The molecule has 0 atom stereocenters. The van der Waals surface area contributed by atoms with E-state index in [0.29, 0.717) is 0 Å². The van der Waals surface area contributed by atoms with E-state index in [1.807, 2.05) is 12.0 Å². The number of nitrogens with one attached hydrogen (secondary N) is 1. The van der Waals surface area contributed by atoms with Gasteiger partial charge in [0.05, 0.1) is 0 Å². The Bertz CT molecular complexity index is 68.5. The van der Waals surface area contributed by atoms with Crippen LogP contribution in [0.2, 0.25) is 0 Å². The topological polar surface area (TPSA) is 12.0 Å². The van der Waals surface area contributed by atoms with Crippen LogP contribution in [0.3, 0.4) is 0 Å². The molecule has 0 spiro atoms. The Balaban J connectivity index is 3.17. The predicted octanol–water partition coefficient (Wildman–Crippen LogP) is 1.50. The van der Waals surface area contributed by atoms with Crippen LogP contribution in [0.5, 0.6) is 0 Å². The molecule has 42 valence electrons. The van der Waals surface area contributed by atoms with Crippen LogP contribution in [0, 0.1) is 0 Å². The van der Waals surface area contributed by atoms with Gasteiger partial charge in [0.25, 0.3) is 0 Å². The van der Waals surface area contributed by atoms with Crippen LogP contribution in [0.1, 0.15) is 6.92 Å². The van der Waals surface area contributed by atoms with Gasteiger partial charge in [-0.2, -0.15) is 0 Å². The van der Waals surface area contributed by atoms with E-state index in [4.69, 9.17) is 0 Å². The second-order valence-electron chi connectivity index (χ2n) is 1.49. The molecule has 0 amide bonds. The van der Waals surface area contributed by atoms with Crippen molar-refractivity contribution in [3.05, 3.63) is 10.6 Å². The van der Waals surface area contributed by atoms with Crippen molar-refractivity contribution in [2.24, 2.45) is 0 Å². The fourth-order valence-corrected chi connectivity index (χ4v) is 0.479. The van der Waals surface area contributed by atoms with E-state index in [1.54, 1.807) is 0 Å². The van der Waals surface area contributed by atoms with E-state index in [1.165, 1.54) is 5.57 Å². The maximum Gasteiger partial charge on any atom is 0.0167 e. The molecule has 7 heavy (non-hydrogen) atoms. The lowest BCUT2D eigenvalue weighted by molar-refractivity contribution is 0.882. The number of hydrogen-bond acceptors (Lipinski definition) is 1. The highest BCUT2D eigenvalue weighted by atomic mass is 79.9. The van der Waals surface area contributed by atoms with Crippen molar-refractivity contribution in [3.63, 3.8) is 0 Å². The van der Waals surface area contributed by atoms with Gasteiger partial charge in [-0.3, -0.25) is 0 Å². The lowest BCUT2D eigenvalue weighted by Crippen LogP contribution is -2.07. The summed E-state index contributed by atoms with van der Waals surface area (Å²) in [5.41, 5.74) is 1.31. The molecule has 0 rings (SSSR count). The molecule has 0 heterocycles. The summed E-state index contributed by atoms with van der Waals surface area (Å²) in [6, 6.07) is 0. The first-order valence-corrected chi connectivity index (χ1v) is 3.13. The summed E-state index contributed by atoms with van der Waals surface area (Å²) < 4.78 is 0. The van der Waals surface area contributed by atoms with E-state index in [9.17, 15) is 0 Å². The van der Waals surface area contributed by atoms with E-state index in [0.717, 1.165) is 6.54 Å². The summed E-state index contributed by atoms with van der Waals surface area (Å²) in [5, 5.41) is 3.02. The van der Waals surface area contributed by atoms with Crippen LogP contribution >= 0.6 is 15.9 Å². The zero-order chi connectivity index (χ0) is 5.70. The Labute approximate surface area is 52.9 Å². The number of hydrogen-bond donors (Lipinski definition) is 1. The Morgan fingerprint density at radius 2 is 2.43 bits per heavy atom. The van der Waals surface area contributed by atoms with Crippen LogP contribution in [0.25, 0.3) is 0 Å². The average molecular weight is 164 g/mol. The quantitative estimate of drug-likeness (QED) is 0.652. The molecule has 0 aliphatic rings. The highest BCUT2D eigenvalue weighted by Gasteiger charge is 1.79. The first-order valence-electron chi connectivity index (χ1n) is 2.21. The van der Waals surface area contributed by atoms with E-state index < -0.39 is 0 Å². The first-order chi connectivity index (χ1) is 3.31. The molecule has 0 bridgehead atoms. The summed E-state index contributed by atoms with van der Waals surface area (Å²) >= 11 is 3.21. The van der Waals surface area contributed by atoms with Crippen LogP contribution in [0.4, 0.5) is 0 Å². The van der Waals surface area contributed by atoms with Crippen molar-refractivity contribution in [3.8, 4) is 0 Å². The molecule has 1 N–H and O–H groups in total. The number of likely N-dealkylation sites (N-methyl/N-ethyl adjacent to an activating group) is 1. The Kier molecular flexibility index (Phi) is 4.45. The summed E-state index contributed by atoms with van der Waals surface area (Å²) in [5.74, 6) is 0. The van der Waals surface area contributed by atoms with E-state index in [-0.39, 0.29) is 0 Å². The lowest BCUT2D eigenvalue weighted by Gasteiger charge is -1.93. The monoisotopic (exact) mass is 163 g/mol. The zero-order valence-electron chi connectivity index (χ0n) is 4.66. The molecule has 0 fully saturated rings. The zero-order valence-corrected chi connectivity index (χ0v) is 6.25. The van der Waals surface area contributed by atoms with Crippen molar-refractivity contribution in [1.29, 1.82) is 0 Å². The maximum absolute atomic E-state index is 3.21. The van der Waals surface area contributed by atoms with Crippen LogP contribution in [-0.4, -0.2) is 13.6 Å². The molecule has 0 aromatic carbocycles. The van der Waals surface area contributed by atoms with E-state index in [2.05, 4.69) is 28.2 Å². The smallest absolute Gasteiger partial charge is 0.0167 e. The Morgan fingerprint density at radius 3 is 2.57 bits per heavy atom. The Morgan fingerprint density at radius 1 is 1.86 bits per heavy atom. The standard InChI is InChI=1S/C5H10BrN/c1-5(3-6)4-7-2/h3,7H,4H2,1-2H3. The molecule has 0 saturated heterocycles. The number of halogens is 1. The Hall–Kier alpha value is 0.180. The van der Waals surface area contributed by atoms with Gasteiger partial charge in [0.1, 0.15) is 0 Å². The van der Waals surface area contributed by atoms with Gasteiger partial charge >= 0.3 is 0 Å². The minimum Gasteiger partial charge on any atom is -0.316 e. The third kappa shape index (κ3) is 4.02. The van der Waals surface area contributed by atoms with Gasteiger partial charge in [-0.15, -0.1) is 0 Å². The van der Waals surface area contributed by atoms with Crippen molar-refractivity contribution in [1.82, 2.24) is 5.32 Å². The van der Waals surface area contributed by atoms with Crippen molar-refractivity contribution in [2.75, 3.05) is 13.6 Å². The third-order valence-corrected chi connectivity index (χ3v) is 1.42. The fraction of sp³-hybridized carbons (Fsp3) is 0.600. The summed E-state index contributed by atoms with van der Waals surface area (Å²) in [4.78, 5) is 1.92. The van der Waals surface area contributed by atoms with Crippen molar-refractivity contribution >= 4 is 15.9 Å². The normalized spacial score (nSPS) is 12.1. The largest absolute Gasteiger partial charge is 0.316 e. The number of rotatable bonds is 2. The minimum atomic E-state index is 0.964. The van der Waals surface area contributed by atoms with Crippen LogP contribution in [-0.2, 0) is 0 Å². The fourth-order valence-electron chi connectivity index (χ4n) is 0.317. The molecule has 1 nitrogen and oxygen atoms in total. The molecule has 2 heteroatoms. The molecule has 0 aliphatic heterocycles. The molecule has 0 saturated carbocycles. The molecular formula is C5H10BrN. The van der Waals surface area contributed by atoms with Crippen LogP contribution < -0.4 is 5.32 Å². The van der Waals surface area contributed by atoms with Gasteiger partial charge in [0, 0.05) is 6.54 Å². The summed E-state index contributed by atoms with van der Waals surface area (Å²) in [7, 11) is 1.93. The lowest BCUT2D eigenvalue weighted by atomic mass is 10.4. The average Bonchev–Trinajstić information content (AvgIpc) is 1.68. The SMILES string of the molecule is CNCC(C)=CBr. The van der Waals surface area contributed by atoms with Gasteiger partial charge in [-0.1, -0.05) is 21.5 Å². The summed E-state index contributed by atoms with van der Waals surface area (Å²) in [6.07, 6.45) is 0. The van der Waals surface area contributed by atoms with Crippen LogP contribution in [0.15, 0.2) is 10.6 Å². The molecule has 0 unspecified atom stereocenters. The third-order valence-electron chi connectivity index (χ3n) is 0.642. The molecule has 0 radical (unpaired) electrons. The van der Waals surface area contributed by atoms with Gasteiger partial charge in [-0.05, 0) is 19.0 Å². The summed E-state index contributed by atoms with van der Waals surface area (Å²) in [6.45, 7) is 3.02. The minimum absolute atomic E-state index is 0.964. The van der Waals surface area contributed by atoms with Gasteiger partial charge < -0.3 is 5.32 Å². The van der Waals surface area contributed by atoms with Crippen molar-refractivity contribution in [2.45, 2.75) is 6.92 Å². The second kappa shape index (κ2) is 4.34. The van der Waals surface area contributed by atoms with Crippen molar-refractivity contribution < 1.29 is 0 Å². The predicted molar refractivity (Wildman–Crippen MR) is 36.6 cm³/mol. The first kappa shape index (κ1) is 7.18. The molecule has 0 aromatic rings. The van der Waals surface area contributed by atoms with Gasteiger partial charge in [0.15, 0.2) is 0 Å². The van der Waals surface area contributed by atoms with E-state index >= 15 is 0 Å². The maximum atomic E-state index is 3.21. The molecule has 0 aliphatic carbocycles.